The summed E-state index contributed by atoms with van der Waals surface area (Å²) >= 11 is 3.67. The predicted molar refractivity (Wildman–Crippen MR) is 97.2 cm³/mol. The second-order valence-corrected chi connectivity index (χ2v) is 7.97. The van der Waals surface area contributed by atoms with Crippen LogP contribution in [0.2, 0.25) is 0 Å². The number of carbonyl (C=O) groups excluding carboxylic acids is 1. The highest BCUT2D eigenvalue weighted by molar-refractivity contribution is 9.10. The third kappa shape index (κ3) is 3.43. The SMILES string of the molecule is CCc1nc2c(Br)c3c(cc2o1)NCC(C(=O)OC(C)(C)C)CC3. The normalized spacial score (nSPS) is 18.0. The van der Waals surface area contributed by atoms with E-state index in [0.717, 1.165) is 52.0 Å². The van der Waals surface area contributed by atoms with Crippen LogP contribution in [0.5, 0.6) is 0 Å². The van der Waals surface area contributed by atoms with Crippen LogP contribution in [0.15, 0.2) is 15.0 Å². The van der Waals surface area contributed by atoms with Crippen molar-refractivity contribution in [3.05, 3.63) is 22.0 Å². The summed E-state index contributed by atoms with van der Waals surface area (Å²) in [6.45, 7) is 8.27. The smallest absolute Gasteiger partial charge is 0.311 e. The molecule has 2 aromatic rings. The molecule has 3 rings (SSSR count). The number of rotatable bonds is 2. The molecule has 1 atom stereocenters. The zero-order valence-corrected chi connectivity index (χ0v) is 16.1. The number of fused-ring (bicyclic) bond motifs is 2. The number of aromatic nitrogens is 1. The first-order valence-corrected chi connectivity index (χ1v) is 9.15. The van der Waals surface area contributed by atoms with Crippen LogP contribution in [0.4, 0.5) is 5.69 Å². The van der Waals surface area contributed by atoms with Crippen molar-refractivity contribution in [2.75, 3.05) is 11.9 Å². The first-order chi connectivity index (χ1) is 11.3. The summed E-state index contributed by atoms with van der Waals surface area (Å²) in [5.41, 5.74) is 3.30. The number of hydrogen-bond donors (Lipinski definition) is 1. The Hall–Kier alpha value is -1.56. The van der Waals surface area contributed by atoms with Gasteiger partial charge in [-0.05, 0) is 55.1 Å². The molecule has 1 aromatic heterocycles. The van der Waals surface area contributed by atoms with E-state index in [9.17, 15) is 4.79 Å². The number of nitrogens with one attached hydrogen (secondary N) is 1. The molecule has 2 heterocycles. The van der Waals surface area contributed by atoms with Gasteiger partial charge in [-0.2, -0.15) is 0 Å². The lowest BCUT2D eigenvalue weighted by molar-refractivity contribution is -0.159. The average Bonchev–Trinajstić information content (AvgIpc) is 2.78. The highest BCUT2D eigenvalue weighted by atomic mass is 79.9. The van der Waals surface area contributed by atoms with Gasteiger partial charge < -0.3 is 14.5 Å². The molecule has 0 aliphatic carbocycles. The van der Waals surface area contributed by atoms with E-state index in [0.29, 0.717) is 6.54 Å². The molecule has 1 aliphatic heterocycles. The number of halogens is 1. The van der Waals surface area contributed by atoms with Crippen LogP contribution >= 0.6 is 15.9 Å². The number of carbonyl (C=O) groups is 1. The van der Waals surface area contributed by atoms with Crippen LogP contribution in [0.1, 0.15) is 45.6 Å². The van der Waals surface area contributed by atoms with Gasteiger partial charge in [-0.1, -0.05) is 6.92 Å². The minimum Gasteiger partial charge on any atom is -0.460 e. The van der Waals surface area contributed by atoms with Gasteiger partial charge in [-0.3, -0.25) is 4.79 Å². The van der Waals surface area contributed by atoms with Gasteiger partial charge in [0.25, 0.3) is 0 Å². The van der Waals surface area contributed by atoms with Crippen LogP contribution in [0, 0.1) is 5.92 Å². The van der Waals surface area contributed by atoms with E-state index in [1.807, 2.05) is 33.8 Å². The van der Waals surface area contributed by atoms with Crippen molar-refractivity contribution in [2.45, 2.75) is 52.6 Å². The largest absolute Gasteiger partial charge is 0.460 e. The van der Waals surface area contributed by atoms with Gasteiger partial charge in [0, 0.05) is 24.7 Å². The van der Waals surface area contributed by atoms with Crippen molar-refractivity contribution < 1.29 is 13.9 Å². The number of hydrogen-bond acceptors (Lipinski definition) is 5. The third-order valence-electron chi connectivity index (χ3n) is 4.10. The van der Waals surface area contributed by atoms with Crippen LogP contribution in [-0.4, -0.2) is 23.1 Å². The number of anilines is 1. The molecule has 0 amide bonds. The minimum absolute atomic E-state index is 0.144. The van der Waals surface area contributed by atoms with Gasteiger partial charge in [0.1, 0.15) is 11.1 Å². The summed E-state index contributed by atoms with van der Waals surface area (Å²) in [4.78, 5) is 16.9. The first kappa shape index (κ1) is 17.3. The lowest BCUT2D eigenvalue weighted by Crippen LogP contribution is -2.31. The Morgan fingerprint density at radius 2 is 2.25 bits per heavy atom. The van der Waals surface area contributed by atoms with Gasteiger partial charge in [0.05, 0.1) is 10.4 Å². The Balaban J connectivity index is 1.86. The summed E-state index contributed by atoms with van der Waals surface area (Å²) in [5.74, 6) is 0.431. The molecular formula is C18H23BrN2O3. The van der Waals surface area contributed by atoms with E-state index < -0.39 is 5.60 Å². The van der Waals surface area contributed by atoms with Crippen molar-refractivity contribution in [3.8, 4) is 0 Å². The summed E-state index contributed by atoms with van der Waals surface area (Å²) in [6, 6.07) is 1.99. The predicted octanol–water partition coefficient (Wildman–Crippen LogP) is 4.47. The van der Waals surface area contributed by atoms with Crippen molar-refractivity contribution in [1.82, 2.24) is 4.98 Å². The number of aryl methyl sites for hydroxylation is 1. The molecule has 0 fully saturated rings. The fraction of sp³-hybridized carbons (Fsp3) is 0.556. The van der Waals surface area contributed by atoms with Crippen molar-refractivity contribution in [1.29, 1.82) is 0 Å². The Morgan fingerprint density at radius 3 is 2.92 bits per heavy atom. The standard InChI is InChI=1S/C18H23BrN2O3/c1-5-14-21-16-13(23-14)8-12-11(15(16)19)7-6-10(9-20-12)17(22)24-18(2,3)4/h8,10,20H,5-7,9H2,1-4H3. The van der Waals surface area contributed by atoms with Gasteiger partial charge in [0.15, 0.2) is 11.5 Å². The molecule has 1 N–H and O–H groups in total. The molecule has 0 saturated carbocycles. The number of ether oxygens (including phenoxy) is 1. The molecular weight excluding hydrogens is 372 g/mol. The maximum atomic E-state index is 12.4. The topological polar surface area (TPSA) is 64.4 Å². The van der Waals surface area contributed by atoms with E-state index in [-0.39, 0.29) is 11.9 Å². The Kier molecular flexibility index (Phi) is 4.60. The lowest BCUT2D eigenvalue weighted by Gasteiger charge is -2.23. The minimum atomic E-state index is -0.461. The zero-order chi connectivity index (χ0) is 17.5. The van der Waals surface area contributed by atoms with Gasteiger partial charge in [-0.15, -0.1) is 0 Å². The number of oxazole rings is 1. The van der Waals surface area contributed by atoms with E-state index in [4.69, 9.17) is 9.15 Å². The average molecular weight is 395 g/mol. The fourth-order valence-corrected chi connectivity index (χ4v) is 3.60. The monoisotopic (exact) mass is 394 g/mol. The first-order valence-electron chi connectivity index (χ1n) is 8.36. The number of nitrogens with zero attached hydrogens (tertiary/aromatic N) is 1. The molecule has 1 unspecified atom stereocenters. The highest BCUT2D eigenvalue weighted by Gasteiger charge is 2.28. The molecule has 0 saturated heterocycles. The van der Waals surface area contributed by atoms with E-state index >= 15 is 0 Å². The van der Waals surface area contributed by atoms with E-state index in [1.165, 1.54) is 0 Å². The van der Waals surface area contributed by atoms with E-state index in [2.05, 4.69) is 26.2 Å². The van der Waals surface area contributed by atoms with Crippen LogP contribution in [0.3, 0.4) is 0 Å². The quantitative estimate of drug-likeness (QED) is 0.761. The van der Waals surface area contributed by atoms with Crippen LogP contribution in [0.25, 0.3) is 11.1 Å². The summed E-state index contributed by atoms with van der Waals surface area (Å²) in [7, 11) is 0. The maximum absolute atomic E-state index is 12.4. The number of esters is 1. The third-order valence-corrected chi connectivity index (χ3v) is 4.95. The summed E-state index contributed by atoms with van der Waals surface area (Å²) in [5, 5.41) is 3.38. The fourth-order valence-electron chi connectivity index (χ4n) is 2.91. The highest BCUT2D eigenvalue weighted by Crippen LogP contribution is 2.37. The molecule has 0 radical (unpaired) electrons. The van der Waals surface area contributed by atoms with Gasteiger partial charge in [0.2, 0.25) is 0 Å². The molecule has 1 aliphatic rings. The maximum Gasteiger partial charge on any atom is 0.311 e. The van der Waals surface area contributed by atoms with Crippen LogP contribution in [-0.2, 0) is 22.4 Å². The van der Waals surface area contributed by atoms with Crippen LogP contribution < -0.4 is 5.32 Å². The lowest BCUT2D eigenvalue weighted by atomic mass is 10.0. The van der Waals surface area contributed by atoms with E-state index in [1.54, 1.807) is 0 Å². The zero-order valence-electron chi connectivity index (χ0n) is 14.5. The Morgan fingerprint density at radius 1 is 1.50 bits per heavy atom. The van der Waals surface area contributed by atoms with Gasteiger partial charge in [-0.25, -0.2) is 4.98 Å². The molecule has 0 spiro atoms. The molecule has 5 nitrogen and oxygen atoms in total. The molecule has 130 valence electrons. The molecule has 6 heteroatoms. The van der Waals surface area contributed by atoms with Crippen molar-refractivity contribution in [2.24, 2.45) is 5.92 Å². The second kappa shape index (κ2) is 6.39. The van der Waals surface area contributed by atoms with Crippen molar-refractivity contribution >= 4 is 38.7 Å². The Labute approximate surface area is 150 Å². The Bertz CT molecular complexity index is 777. The molecule has 24 heavy (non-hydrogen) atoms. The van der Waals surface area contributed by atoms with Crippen molar-refractivity contribution in [3.63, 3.8) is 0 Å². The summed E-state index contributed by atoms with van der Waals surface area (Å²) in [6.07, 6.45) is 2.30. The molecule has 0 bridgehead atoms. The number of benzene rings is 1. The molecule has 1 aromatic carbocycles. The second-order valence-electron chi connectivity index (χ2n) is 7.17. The van der Waals surface area contributed by atoms with Gasteiger partial charge >= 0.3 is 5.97 Å². The summed E-state index contributed by atoms with van der Waals surface area (Å²) < 4.78 is 12.3.